The van der Waals surface area contributed by atoms with E-state index >= 15 is 0 Å². The molecule has 0 aromatic rings. The van der Waals surface area contributed by atoms with Crippen molar-refractivity contribution >= 4 is 23.9 Å². The molecule has 0 heterocycles. The van der Waals surface area contributed by atoms with Gasteiger partial charge in [0.15, 0.2) is 0 Å². The van der Waals surface area contributed by atoms with Crippen LogP contribution in [0.5, 0.6) is 0 Å². The third-order valence-corrected chi connectivity index (χ3v) is 2.57. The van der Waals surface area contributed by atoms with Gasteiger partial charge in [-0.2, -0.15) is 0 Å². The highest BCUT2D eigenvalue weighted by Gasteiger charge is 2.25. The van der Waals surface area contributed by atoms with E-state index in [9.17, 15) is 19.2 Å². The second-order valence-corrected chi connectivity index (χ2v) is 6.72. The van der Waals surface area contributed by atoms with Gasteiger partial charge in [0, 0.05) is 0 Å². The van der Waals surface area contributed by atoms with Crippen LogP contribution in [-0.4, -0.2) is 53.7 Å². The van der Waals surface area contributed by atoms with Crippen LogP contribution in [0.25, 0.3) is 0 Å². The molecule has 0 aliphatic rings. The van der Waals surface area contributed by atoms with Crippen LogP contribution in [0.4, 0.5) is 4.79 Å². The molecule has 0 aromatic carbocycles. The van der Waals surface area contributed by atoms with Gasteiger partial charge in [-0.3, -0.25) is 14.4 Å². The second kappa shape index (κ2) is 9.74. The predicted octanol–water partition coefficient (Wildman–Crippen LogP) is 0.243. The van der Waals surface area contributed by atoms with Crippen LogP contribution in [0.15, 0.2) is 0 Å². The van der Waals surface area contributed by atoms with Crippen LogP contribution in [0, 0.1) is 5.92 Å². The first-order valence-electron chi connectivity index (χ1n) is 7.66. The molecule has 0 rings (SSSR count). The Morgan fingerprint density at radius 3 is 2.08 bits per heavy atom. The van der Waals surface area contributed by atoms with E-state index in [1.54, 1.807) is 20.8 Å². The number of amides is 3. The number of alkyl carbamates (subject to hydrolysis) is 1. The SMILES string of the molecule is CC(C)C[C@@H](NC(=O)OC(C)(C)C)C(=O)NCC(=O)NCC(=O)O. The number of carbonyl (C=O) groups excluding carboxylic acids is 3. The first-order valence-corrected chi connectivity index (χ1v) is 7.66. The minimum absolute atomic E-state index is 0.122. The highest BCUT2D eigenvalue weighted by atomic mass is 16.6. The maximum atomic E-state index is 12.1. The Morgan fingerprint density at radius 2 is 1.62 bits per heavy atom. The minimum Gasteiger partial charge on any atom is -0.480 e. The van der Waals surface area contributed by atoms with E-state index in [2.05, 4.69) is 16.0 Å². The fraction of sp³-hybridized carbons (Fsp3) is 0.733. The Morgan fingerprint density at radius 1 is 1.04 bits per heavy atom. The number of carboxylic acid groups (broad SMARTS) is 1. The lowest BCUT2D eigenvalue weighted by atomic mass is 10.0. The lowest BCUT2D eigenvalue weighted by molar-refractivity contribution is -0.137. The van der Waals surface area contributed by atoms with Crippen LogP contribution in [0.3, 0.4) is 0 Å². The molecular weight excluding hydrogens is 318 g/mol. The molecule has 0 unspecified atom stereocenters. The summed E-state index contributed by atoms with van der Waals surface area (Å²) in [5.74, 6) is -2.23. The number of ether oxygens (including phenoxy) is 1. The molecule has 9 heteroatoms. The summed E-state index contributed by atoms with van der Waals surface area (Å²) in [7, 11) is 0. The molecule has 4 N–H and O–H groups in total. The molecule has 0 spiro atoms. The van der Waals surface area contributed by atoms with Gasteiger partial charge in [0.2, 0.25) is 11.8 Å². The molecule has 0 aliphatic heterocycles. The lowest BCUT2D eigenvalue weighted by Crippen LogP contribution is -2.50. The lowest BCUT2D eigenvalue weighted by Gasteiger charge is -2.24. The smallest absolute Gasteiger partial charge is 0.408 e. The van der Waals surface area contributed by atoms with Crippen molar-refractivity contribution in [3.8, 4) is 0 Å². The molecule has 0 saturated heterocycles. The van der Waals surface area contributed by atoms with Crippen molar-refractivity contribution in [2.24, 2.45) is 5.92 Å². The minimum atomic E-state index is -1.18. The number of nitrogens with one attached hydrogen (secondary N) is 3. The average molecular weight is 345 g/mol. The highest BCUT2D eigenvalue weighted by molar-refractivity contribution is 5.90. The number of hydrogen-bond donors (Lipinski definition) is 4. The standard InChI is InChI=1S/C15H27N3O6/c1-9(2)6-10(18-14(23)24-15(3,4)5)13(22)17-7-11(19)16-8-12(20)21/h9-10H,6-8H2,1-5H3,(H,16,19)(H,17,22)(H,18,23)(H,20,21)/t10-/m1/s1. The van der Waals surface area contributed by atoms with E-state index in [-0.39, 0.29) is 12.5 Å². The van der Waals surface area contributed by atoms with Crippen molar-refractivity contribution in [2.75, 3.05) is 13.1 Å². The Labute approximate surface area is 141 Å². The molecule has 24 heavy (non-hydrogen) atoms. The zero-order valence-corrected chi connectivity index (χ0v) is 14.8. The molecule has 0 saturated carbocycles. The Kier molecular flexibility index (Phi) is 8.80. The maximum absolute atomic E-state index is 12.1. The molecule has 9 nitrogen and oxygen atoms in total. The van der Waals surface area contributed by atoms with E-state index in [0.717, 1.165) is 0 Å². The summed E-state index contributed by atoms with van der Waals surface area (Å²) in [5, 5.41) is 15.4. The first kappa shape index (κ1) is 21.7. The van der Waals surface area contributed by atoms with Gasteiger partial charge in [-0.05, 0) is 33.1 Å². The quantitative estimate of drug-likeness (QED) is 0.498. The summed E-state index contributed by atoms with van der Waals surface area (Å²) in [5.41, 5.74) is -0.695. The van der Waals surface area contributed by atoms with Crippen LogP contribution in [0.2, 0.25) is 0 Å². The fourth-order valence-electron chi connectivity index (χ4n) is 1.68. The Hall–Kier alpha value is -2.32. The largest absolute Gasteiger partial charge is 0.480 e. The van der Waals surface area contributed by atoms with Crippen LogP contribution in [0.1, 0.15) is 41.0 Å². The number of aliphatic carboxylic acids is 1. The molecule has 0 bridgehead atoms. The number of carbonyl (C=O) groups is 4. The van der Waals surface area contributed by atoms with Crippen molar-refractivity contribution in [2.45, 2.75) is 52.7 Å². The van der Waals surface area contributed by atoms with Crippen molar-refractivity contribution in [3.63, 3.8) is 0 Å². The zero-order chi connectivity index (χ0) is 18.9. The van der Waals surface area contributed by atoms with Crippen molar-refractivity contribution in [1.82, 2.24) is 16.0 Å². The summed E-state index contributed by atoms with van der Waals surface area (Å²) in [6, 6.07) is -0.855. The van der Waals surface area contributed by atoms with Gasteiger partial charge in [0.1, 0.15) is 18.2 Å². The summed E-state index contributed by atoms with van der Waals surface area (Å²) < 4.78 is 5.12. The van der Waals surface area contributed by atoms with Gasteiger partial charge in [-0.25, -0.2) is 4.79 Å². The van der Waals surface area contributed by atoms with E-state index < -0.39 is 42.1 Å². The zero-order valence-electron chi connectivity index (χ0n) is 14.8. The Bertz CT molecular complexity index is 470. The molecule has 0 radical (unpaired) electrons. The van der Waals surface area contributed by atoms with Crippen LogP contribution >= 0.6 is 0 Å². The van der Waals surface area contributed by atoms with Crippen LogP contribution < -0.4 is 16.0 Å². The topological polar surface area (TPSA) is 134 Å². The summed E-state index contributed by atoms with van der Waals surface area (Å²) in [6.07, 6.45) is -0.361. The fourth-order valence-corrected chi connectivity index (χ4v) is 1.68. The summed E-state index contributed by atoms with van der Waals surface area (Å²) in [6.45, 7) is 7.98. The van der Waals surface area contributed by atoms with Crippen molar-refractivity contribution < 1.29 is 29.0 Å². The first-order chi connectivity index (χ1) is 10.9. The molecule has 3 amide bonds. The Balaban J connectivity index is 4.57. The molecular formula is C15H27N3O6. The molecule has 1 atom stereocenters. The van der Waals surface area contributed by atoms with Gasteiger partial charge in [-0.15, -0.1) is 0 Å². The normalized spacial score (nSPS) is 12.2. The van der Waals surface area contributed by atoms with E-state index in [1.807, 2.05) is 13.8 Å². The molecule has 0 aliphatic carbocycles. The number of carboxylic acids is 1. The van der Waals surface area contributed by atoms with Gasteiger partial charge >= 0.3 is 12.1 Å². The van der Waals surface area contributed by atoms with E-state index in [0.29, 0.717) is 6.42 Å². The summed E-state index contributed by atoms with van der Waals surface area (Å²) >= 11 is 0. The van der Waals surface area contributed by atoms with Gasteiger partial charge < -0.3 is 25.8 Å². The second-order valence-electron chi connectivity index (χ2n) is 6.72. The van der Waals surface area contributed by atoms with E-state index in [4.69, 9.17) is 9.84 Å². The van der Waals surface area contributed by atoms with Crippen molar-refractivity contribution in [3.05, 3.63) is 0 Å². The average Bonchev–Trinajstić information content (AvgIpc) is 2.39. The van der Waals surface area contributed by atoms with Gasteiger partial charge in [-0.1, -0.05) is 13.8 Å². The predicted molar refractivity (Wildman–Crippen MR) is 86.3 cm³/mol. The highest BCUT2D eigenvalue weighted by Crippen LogP contribution is 2.09. The molecule has 0 aromatic heterocycles. The van der Waals surface area contributed by atoms with Gasteiger partial charge in [0.25, 0.3) is 0 Å². The van der Waals surface area contributed by atoms with Gasteiger partial charge in [0.05, 0.1) is 6.54 Å². The maximum Gasteiger partial charge on any atom is 0.408 e. The van der Waals surface area contributed by atoms with E-state index in [1.165, 1.54) is 0 Å². The van der Waals surface area contributed by atoms with Crippen LogP contribution in [-0.2, 0) is 19.1 Å². The third kappa shape index (κ3) is 11.3. The third-order valence-electron chi connectivity index (χ3n) is 2.57. The monoisotopic (exact) mass is 345 g/mol. The molecule has 0 fully saturated rings. The number of hydrogen-bond acceptors (Lipinski definition) is 5. The summed E-state index contributed by atoms with van der Waals surface area (Å²) in [4.78, 5) is 45.7. The molecule has 138 valence electrons. The van der Waals surface area contributed by atoms with Crippen molar-refractivity contribution in [1.29, 1.82) is 0 Å². The number of rotatable bonds is 8.